The Balaban J connectivity index is 2.02. The second-order valence-electron chi connectivity index (χ2n) is 5.12. The minimum absolute atomic E-state index is 0.193. The summed E-state index contributed by atoms with van der Waals surface area (Å²) < 4.78 is 0. The monoisotopic (exact) mass is 261 g/mol. The van der Waals surface area contributed by atoms with Gasteiger partial charge in [-0.1, -0.05) is 6.07 Å². The van der Waals surface area contributed by atoms with Crippen molar-refractivity contribution in [3.63, 3.8) is 0 Å². The van der Waals surface area contributed by atoms with Crippen LogP contribution in [0.15, 0.2) is 18.3 Å². The Bertz CT molecular complexity index is 427. The van der Waals surface area contributed by atoms with Crippen LogP contribution in [0, 0.1) is 6.92 Å². The van der Waals surface area contributed by atoms with Gasteiger partial charge < -0.3 is 10.2 Å². The van der Waals surface area contributed by atoms with Crippen molar-refractivity contribution in [3.8, 4) is 0 Å². The van der Waals surface area contributed by atoms with E-state index in [2.05, 4.69) is 17.2 Å². The van der Waals surface area contributed by atoms with Gasteiger partial charge in [-0.3, -0.25) is 9.78 Å². The molecule has 1 amide bonds. The molecule has 0 saturated carbocycles. The third-order valence-corrected chi connectivity index (χ3v) is 3.81. The molecule has 1 N–H and O–H groups in total. The van der Waals surface area contributed by atoms with Crippen LogP contribution in [0.5, 0.6) is 0 Å². The predicted octanol–water partition coefficient (Wildman–Crippen LogP) is 1.53. The number of hydrogen-bond donors (Lipinski definition) is 1. The first-order valence-electron chi connectivity index (χ1n) is 7.13. The van der Waals surface area contributed by atoms with Crippen molar-refractivity contribution < 1.29 is 4.79 Å². The number of nitrogens with zero attached hydrogens (tertiary/aromatic N) is 2. The molecule has 4 heteroatoms. The number of nitrogens with one attached hydrogen (secondary N) is 1. The summed E-state index contributed by atoms with van der Waals surface area (Å²) in [6.07, 6.45) is 4.43. The minimum atomic E-state index is 0.193. The van der Waals surface area contributed by atoms with Crippen molar-refractivity contribution in [2.24, 2.45) is 0 Å². The number of rotatable bonds is 4. The molecule has 4 nitrogen and oxygen atoms in total. The number of likely N-dealkylation sites (N-methyl/N-ethyl adjacent to an activating group) is 1. The van der Waals surface area contributed by atoms with Crippen LogP contribution in [0.25, 0.3) is 0 Å². The third-order valence-electron chi connectivity index (χ3n) is 3.81. The molecule has 0 bridgehead atoms. The second kappa shape index (κ2) is 6.66. The highest BCUT2D eigenvalue weighted by atomic mass is 16.2. The molecule has 2 heterocycles. The zero-order valence-electron chi connectivity index (χ0n) is 11.9. The first-order valence-corrected chi connectivity index (χ1v) is 7.13. The van der Waals surface area contributed by atoms with E-state index in [1.807, 2.05) is 24.0 Å². The van der Waals surface area contributed by atoms with Crippen LogP contribution in [-0.4, -0.2) is 41.5 Å². The molecule has 1 saturated heterocycles. The van der Waals surface area contributed by atoms with Gasteiger partial charge in [0.25, 0.3) is 0 Å². The first kappa shape index (κ1) is 14.0. The highest BCUT2D eigenvalue weighted by molar-refractivity contribution is 5.79. The Hall–Kier alpha value is -1.42. The summed E-state index contributed by atoms with van der Waals surface area (Å²) in [6.45, 7) is 6.82. The maximum atomic E-state index is 12.5. The van der Waals surface area contributed by atoms with Gasteiger partial charge in [-0.2, -0.15) is 0 Å². The lowest BCUT2D eigenvalue weighted by atomic mass is 10.0. The average Bonchev–Trinajstić information content (AvgIpc) is 2.43. The van der Waals surface area contributed by atoms with Gasteiger partial charge in [-0.25, -0.2) is 0 Å². The Morgan fingerprint density at radius 2 is 2.42 bits per heavy atom. The van der Waals surface area contributed by atoms with Crippen molar-refractivity contribution in [2.45, 2.75) is 39.2 Å². The van der Waals surface area contributed by atoms with E-state index in [9.17, 15) is 4.79 Å². The molecule has 1 aliphatic rings. The summed E-state index contributed by atoms with van der Waals surface area (Å²) in [6, 6.07) is 4.26. The van der Waals surface area contributed by atoms with E-state index < -0.39 is 0 Å². The highest BCUT2D eigenvalue weighted by Crippen LogP contribution is 2.13. The average molecular weight is 261 g/mol. The van der Waals surface area contributed by atoms with Crippen LogP contribution in [-0.2, 0) is 11.2 Å². The zero-order chi connectivity index (χ0) is 13.7. The number of piperidine rings is 1. The van der Waals surface area contributed by atoms with Crippen LogP contribution >= 0.6 is 0 Å². The van der Waals surface area contributed by atoms with Crippen molar-refractivity contribution in [3.05, 3.63) is 29.6 Å². The summed E-state index contributed by atoms with van der Waals surface area (Å²) in [5.41, 5.74) is 1.99. The molecular formula is C15H23N3O. The van der Waals surface area contributed by atoms with Gasteiger partial charge in [0.1, 0.15) is 0 Å². The van der Waals surface area contributed by atoms with E-state index in [1.54, 1.807) is 6.20 Å². The van der Waals surface area contributed by atoms with Gasteiger partial charge in [0.15, 0.2) is 0 Å². The van der Waals surface area contributed by atoms with Gasteiger partial charge in [-0.15, -0.1) is 0 Å². The highest BCUT2D eigenvalue weighted by Gasteiger charge is 2.24. The number of pyridine rings is 1. The van der Waals surface area contributed by atoms with Crippen LogP contribution < -0.4 is 5.32 Å². The molecule has 1 aromatic rings. The summed E-state index contributed by atoms with van der Waals surface area (Å²) in [4.78, 5) is 18.8. The molecule has 0 spiro atoms. The first-order chi connectivity index (χ1) is 9.22. The summed E-state index contributed by atoms with van der Waals surface area (Å²) in [7, 11) is 0. The lowest BCUT2D eigenvalue weighted by molar-refractivity contribution is -0.133. The number of aryl methyl sites for hydroxylation is 1. The number of hydrogen-bond acceptors (Lipinski definition) is 3. The Labute approximate surface area is 115 Å². The van der Waals surface area contributed by atoms with Gasteiger partial charge in [0.05, 0.1) is 12.1 Å². The molecule has 1 unspecified atom stereocenters. The predicted molar refractivity (Wildman–Crippen MR) is 76.0 cm³/mol. The maximum Gasteiger partial charge on any atom is 0.228 e. The second-order valence-corrected chi connectivity index (χ2v) is 5.12. The van der Waals surface area contributed by atoms with Gasteiger partial charge >= 0.3 is 0 Å². The SMILES string of the molecule is CCN(C(=O)Cc1ncccc1C)C1CCCNC1. The number of amides is 1. The topological polar surface area (TPSA) is 45.2 Å². The fraction of sp³-hybridized carbons (Fsp3) is 0.600. The van der Waals surface area contributed by atoms with Crippen LogP contribution in [0.4, 0.5) is 0 Å². The normalized spacial score (nSPS) is 19.2. The molecule has 19 heavy (non-hydrogen) atoms. The molecule has 2 rings (SSSR count). The lowest BCUT2D eigenvalue weighted by Gasteiger charge is -2.34. The Morgan fingerprint density at radius 3 is 3.05 bits per heavy atom. The van der Waals surface area contributed by atoms with Crippen molar-refractivity contribution in [2.75, 3.05) is 19.6 Å². The van der Waals surface area contributed by atoms with E-state index in [0.29, 0.717) is 12.5 Å². The summed E-state index contributed by atoms with van der Waals surface area (Å²) in [5, 5.41) is 3.37. The van der Waals surface area contributed by atoms with E-state index in [4.69, 9.17) is 0 Å². The van der Waals surface area contributed by atoms with Gasteiger partial charge in [0.2, 0.25) is 5.91 Å². The summed E-state index contributed by atoms with van der Waals surface area (Å²) >= 11 is 0. The largest absolute Gasteiger partial charge is 0.338 e. The van der Waals surface area contributed by atoms with E-state index in [0.717, 1.165) is 43.7 Å². The van der Waals surface area contributed by atoms with E-state index in [-0.39, 0.29) is 5.91 Å². The van der Waals surface area contributed by atoms with Crippen molar-refractivity contribution in [1.82, 2.24) is 15.2 Å². The Kier molecular flexibility index (Phi) is 4.91. The zero-order valence-corrected chi connectivity index (χ0v) is 11.9. The maximum absolute atomic E-state index is 12.5. The standard InChI is InChI=1S/C15H23N3O/c1-3-18(13-7-5-8-16-11-13)15(19)10-14-12(2)6-4-9-17-14/h4,6,9,13,16H,3,5,7-8,10-11H2,1-2H3. The lowest BCUT2D eigenvalue weighted by Crippen LogP contribution is -2.49. The van der Waals surface area contributed by atoms with Crippen LogP contribution in [0.2, 0.25) is 0 Å². The molecule has 0 aromatic carbocycles. The molecule has 1 atom stereocenters. The molecule has 1 aromatic heterocycles. The van der Waals surface area contributed by atoms with Crippen molar-refractivity contribution in [1.29, 1.82) is 0 Å². The molecular weight excluding hydrogens is 238 g/mol. The third kappa shape index (κ3) is 3.53. The fourth-order valence-corrected chi connectivity index (χ4v) is 2.69. The molecule has 0 aliphatic carbocycles. The fourth-order valence-electron chi connectivity index (χ4n) is 2.69. The van der Waals surface area contributed by atoms with Crippen LogP contribution in [0.3, 0.4) is 0 Å². The quantitative estimate of drug-likeness (QED) is 0.894. The smallest absolute Gasteiger partial charge is 0.228 e. The summed E-state index contributed by atoms with van der Waals surface area (Å²) in [5.74, 6) is 0.193. The van der Waals surface area contributed by atoms with Crippen LogP contribution in [0.1, 0.15) is 31.0 Å². The number of carbonyl (C=O) groups excluding carboxylic acids is 1. The van der Waals surface area contributed by atoms with E-state index >= 15 is 0 Å². The van der Waals surface area contributed by atoms with E-state index in [1.165, 1.54) is 0 Å². The van der Waals surface area contributed by atoms with Gasteiger partial charge in [0, 0.05) is 25.3 Å². The molecule has 1 fully saturated rings. The molecule has 0 radical (unpaired) electrons. The number of aromatic nitrogens is 1. The number of carbonyl (C=O) groups is 1. The van der Waals surface area contributed by atoms with Gasteiger partial charge in [-0.05, 0) is 44.9 Å². The minimum Gasteiger partial charge on any atom is -0.338 e. The van der Waals surface area contributed by atoms with Crippen molar-refractivity contribution >= 4 is 5.91 Å². The Morgan fingerprint density at radius 1 is 1.58 bits per heavy atom. The molecule has 1 aliphatic heterocycles. The molecule has 104 valence electrons.